The van der Waals surface area contributed by atoms with Crippen LogP contribution in [0, 0.1) is 6.92 Å². The molecule has 4 nitrogen and oxygen atoms in total. The Morgan fingerprint density at radius 2 is 2.00 bits per heavy atom. The molecule has 0 saturated carbocycles. The van der Waals surface area contributed by atoms with Gasteiger partial charge in [-0.3, -0.25) is 4.79 Å². The van der Waals surface area contributed by atoms with Crippen LogP contribution < -0.4 is 10.5 Å². The Balaban J connectivity index is 1.96. The lowest BCUT2D eigenvalue weighted by atomic mass is 10.1. The van der Waals surface area contributed by atoms with Crippen LogP contribution in [0.25, 0.3) is 0 Å². The maximum atomic E-state index is 11.9. The largest absolute Gasteiger partial charge is 0.496 e. The summed E-state index contributed by atoms with van der Waals surface area (Å²) < 4.78 is 10.6. The third-order valence-electron chi connectivity index (χ3n) is 3.12. The molecule has 0 atom stereocenters. The van der Waals surface area contributed by atoms with Crippen LogP contribution in [-0.4, -0.2) is 13.1 Å². The van der Waals surface area contributed by atoms with Crippen molar-refractivity contribution in [1.82, 2.24) is 0 Å². The topological polar surface area (TPSA) is 61.5 Å². The summed E-state index contributed by atoms with van der Waals surface area (Å²) in [4.78, 5) is 11.9. The van der Waals surface area contributed by atoms with E-state index in [0.717, 1.165) is 22.4 Å². The number of benzene rings is 2. The first kappa shape index (κ1) is 14.9. The lowest BCUT2D eigenvalue weighted by Gasteiger charge is -2.10. The second kappa shape index (κ2) is 6.79. The van der Waals surface area contributed by atoms with E-state index in [4.69, 9.17) is 15.2 Å². The van der Waals surface area contributed by atoms with Crippen LogP contribution in [0.2, 0.25) is 0 Å². The molecule has 2 aromatic carbocycles. The molecule has 0 bridgehead atoms. The van der Waals surface area contributed by atoms with E-state index in [1.54, 1.807) is 19.2 Å². The molecular weight excluding hydrogens is 266 g/mol. The average molecular weight is 285 g/mol. The van der Waals surface area contributed by atoms with Crippen LogP contribution in [0.1, 0.15) is 16.7 Å². The average Bonchev–Trinajstić information content (AvgIpc) is 2.45. The highest BCUT2D eigenvalue weighted by Crippen LogP contribution is 2.20. The van der Waals surface area contributed by atoms with Gasteiger partial charge in [0, 0.05) is 11.3 Å². The first-order valence-corrected chi connectivity index (χ1v) is 6.72. The number of anilines is 1. The Labute approximate surface area is 124 Å². The van der Waals surface area contributed by atoms with Gasteiger partial charge in [-0.25, -0.2) is 0 Å². The van der Waals surface area contributed by atoms with Crippen molar-refractivity contribution in [3.8, 4) is 5.75 Å². The van der Waals surface area contributed by atoms with Gasteiger partial charge in [0.15, 0.2) is 0 Å². The number of ether oxygens (including phenoxy) is 2. The zero-order chi connectivity index (χ0) is 15.2. The molecule has 2 aromatic rings. The van der Waals surface area contributed by atoms with Gasteiger partial charge in [0.1, 0.15) is 12.4 Å². The summed E-state index contributed by atoms with van der Waals surface area (Å²) in [6.07, 6.45) is 0.208. The molecular formula is C17H19NO3. The smallest absolute Gasteiger partial charge is 0.310 e. The highest BCUT2D eigenvalue weighted by atomic mass is 16.5. The van der Waals surface area contributed by atoms with Crippen LogP contribution in [0.3, 0.4) is 0 Å². The van der Waals surface area contributed by atoms with Crippen LogP contribution in [-0.2, 0) is 22.6 Å². The molecule has 2 N–H and O–H groups in total. The van der Waals surface area contributed by atoms with Crippen molar-refractivity contribution in [3.63, 3.8) is 0 Å². The molecule has 21 heavy (non-hydrogen) atoms. The number of aryl methyl sites for hydroxylation is 1. The van der Waals surface area contributed by atoms with E-state index in [0.29, 0.717) is 5.69 Å². The number of esters is 1. The Morgan fingerprint density at radius 1 is 1.19 bits per heavy atom. The van der Waals surface area contributed by atoms with Crippen molar-refractivity contribution in [2.75, 3.05) is 12.8 Å². The molecule has 0 fully saturated rings. The molecule has 0 saturated heterocycles. The van der Waals surface area contributed by atoms with Crippen molar-refractivity contribution in [2.45, 2.75) is 20.0 Å². The van der Waals surface area contributed by atoms with Gasteiger partial charge in [0.05, 0.1) is 13.5 Å². The zero-order valence-corrected chi connectivity index (χ0v) is 12.3. The first-order chi connectivity index (χ1) is 10.1. The minimum absolute atomic E-state index is 0.200. The van der Waals surface area contributed by atoms with Crippen molar-refractivity contribution >= 4 is 11.7 Å². The van der Waals surface area contributed by atoms with E-state index in [9.17, 15) is 4.79 Å². The van der Waals surface area contributed by atoms with Gasteiger partial charge in [0.2, 0.25) is 0 Å². The summed E-state index contributed by atoms with van der Waals surface area (Å²) in [5.41, 5.74) is 9.12. The van der Waals surface area contributed by atoms with Crippen molar-refractivity contribution < 1.29 is 14.3 Å². The van der Waals surface area contributed by atoms with Gasteiger partial charge >= 0.3 is 5.97 Å². The van der Waals surface area contributed by atoms with Gasteiger partial charge in [-0.2, -0.15) is 0 Å². The molecule has 4 heteroatoms. The highest BCUT2D eigenvalue weighted by molar-refractivity contribution is 5.73. The summed E-state index contributed by atoms with van der Waals surface area (Å²) in [7, 11) is 1.60. The van der Waals surface area contributed by atoms with Gasteiger partial charge < -0.3 is 15.2 Å². The summed E-state index contributed by atoms with van der Waals surface area (Å²) >= 11 is 0. The summed E-state index contributed by atoms with van der Waals surface area (Å²) in [6, 6.07) is 13.0. The molecule has 0 unspecified atom stereocenters. The Bertz CT molecular complexity index is 638. The predicted octanol–water partition coefficient (Wildman–Crippen LogP) is 2.87. The lowest BCUT2D eigenvalue weighted by molar-refractivity contribution is -0.144. The summed E-state index contributed by atoms with van der Waals surface area (Å²) in [5, 5.41) is 0. The van der Waals surface area contributed by atoms with Crippen LogP contribution in [0.15, 0.2) is 42.5 Å². The molecule has 2 rings (SSSR count). The number of carbonyl (C=O) groups is 1. The molecule has 0 heterocycles. The number of nitrogen functional groups attached to an aromatic ring is 1. The molecule has 0 aliphatic rings. The highest BCUT2D eigenvalue weighted by Gasteiger charge is 2.09. The van der Waals surface area contributed by atoms with Crippen LogP contribution in [0.5, 0.6) is 5.75 Å². The maximum absolute atomic E-state index is 11.9. The Morgan fingerprint density at radius 3 is 2.71 bits per heavy atom. The minimum atomic E-state index is -0.288. The second-order valence-electron chi connectivity index (χ2n) is 4.90. The quantitative estimate of drug-likeness (QED) is 0.678. The third-order valence-corrected chi connectivity index (χ3v) is 3.12. The zero-order valence-electron chi connectivity index (χ0n) is 12.3. The third kappa shape index (κ3) is 4.24. The number of rotatable bonds is 5. The van der Waals surface area contributed by atoms with Crippen molar-refractivity contribution in [3.05, 3.63) is 59.2 Å². The summed E-state index contributed by atoms with van der Waals surface area (Å²) in [5.74, 6) is 0.432. The molecule has 0 aliphatic heterocycles. The minimum Gasteiger partial charge on any atom is -0.496 e. The number of carbonyl (C=O) groups excluding carboxylic acids is 1. The summed E-state index contributed by atoms with van der Waals surface area (Å²) in [6.45, 7) is 2.18. The van der Waals surface area contributed by atoms with E-state index in [1.807, 2.05) is 37.3 Å². The Kier molecular flexibility index (Phi) is 4.82. The van der Waals surface area contributed by atoms with Gasteiger partial charge in [0.25, 0.3) is 0 Å². The first-order valence-electron chi connectivity index (χ1n) is 6.72. The predicted molar refractivity (Wildman–Crippen MR) is 82.1 cm³/mol. The fraction of sp³-hybridized carbons (Fsp3) is 0.235. The second-order valence-corrected chi connectivity index (χ2v) is 4.90. The van der Waals surface area contributed by atoms with Crippen LogP contribution >= 0.6 is 0 Å². The van der Waals surface area contributed by atoms with Gasteiger partial charge in [-0.15, -0.1) is 0 Å². The lowest BCUT2D eigenvalue weighted by Crippen LogP contribution is -2.09. The van der Waals surface area contributed by atoms with E-state index in [2.05, 4.69) is 0 Å². The van der Waals surface area contributed by atoms with Crippen molar-refractivity contribution in [1.29, 1.82) is 0 Å². The van der Waals surface area contributed by atoms with Crippen LogP contribution in [0.4, 0.5) is 5.69 Å². The molecule has 0 aromatic heterocycles. The standard InChI is InChI=1S/C17H19NO3/c1-12-6-7-16(20-2)14(8-12)11-21-17(19)10-13-4-3-5-15(18)9-13/h3-9H,10-11,18H2,1-2H3. The van der Waals surface area contributed by atoms with Gasteiger partial charge in [-0.1, -0.05) is 23.8 Å². The number of hydrogen-bond acceptors (Lipinski definition) is 4. The number of hydrogen-bond donors (Lipinski definition) is 1. The maximum Gasteiger partial charge on any atom is 0.310 e. The van der Waals surface area contributed by atoms with Gasteiger partial charge in [-0.05, 0) is 36.8 Å². The number of methoxy groups -OCH3 is 1. The fourth-order valence-electron chi connectivity index (χ4n) is 2.10. The molecule has 0 amide bonds. The molecule has 110 valence electrons. The monoisotopic (exact) mass is 285 g/mol. The molecule has 0 spiro atoms. The molecule has 0 radical (unpaired) electrons. The normalized spacial score (nSPS) is 10.2. The van der Waals surface area contributed by atoms with E-state index < -0.39 is 0 Å². The van der Waals surface area contributed by atoms with E-state index in [-0.39, 0.29) is 19.0 Å². The van der Waals surface area contributed by atoms with E-state index in [1.165, 1.54) is 0 Å². The fourth-order valence-corrected chi connectivity index (χ4v) is 2.10. The number of nitrogens with two attached hydrogens (primary N) is 1. The SMILES string of the molecule is COc1ccc(C)cc1COC(=O)Cc1cccc(N)c1. The van der Waals surface area contributed by atoms with E-state index >= 15 is 0 Å². The van der Waals surface area contributed by atoms with Crippen molar-refractivity contribution in [2.24, 2.45) is 0 Å². The molecule has 0 aliphatic carbocycles. The Hall–Kier alpha value is -2.49.